The van der Waals surface area contributed by atoms with Crippen LogP contribution in [0, 0.1) is 23.7 Å². The van der Waals surface area contributed by atoms with Gasteiger partial charge in [-0.25, -0.2) is 0 Å². The van der Waals surface area contributed by atoms with Gasteiger partial charge in [-0.15, -0.1) is 0 Å². The third-order valence-electron chi connectivity index (χ3n) is 3.99. The lowest BCUT2D eigenvalue weighted by atomic mass is 9.83. The van der Waals surface area contributed by atoms with Crippen molar-refractivity contribution in [2.24, 2.45) is 23.7 Å². The zero-order valence-electron chi connectivity index (χ0n) is 8.75. The van der Waals surface area contributed by atoms with Crippen LogP contribution < -0.4 is 0 Å². The third-order valence-corrected chi connectivity index (χ3v) is 3.99. The predicted octanol–water partition coefficient (Wildman–Crippen LogP) is 3.04. The van der Waals surface area contributed by atoms with E-state index in [1.165, 1.54) is 25.7 Å². The predicted molar refractivity (Wildman–Crippen MR) is 53.4 cm³/mol. The van der Waals surface area contributed by atoms with Crippen molar-refractivity contribution in [3.05, 3.63) is 0 Å². The Kier molecular flexibility index (Phi) is 2.44. The van der Waals surface area contributed by atoms with Gasteiger partial charge in [0.2, 0.25) is 0 Å². The zero-order valence-corrected chi connectivity index (χ0v) is 8.75. The first kappa shape index (κ1) is 9.23. The van der Waals surface area contributed by atoms with Crippen molar-refractivity contribution in [1.82, 2.24) is 0 Å². The van der Waals surface area contributed by atoms with Crippen LogP contribution in [0.4, 0.5) is 0 Å². The van der Waals surface area contributed by atoms with Gasteiger partial charge < -0.3 is 0 Å². The third kappa shape index (κ3) is 1.79. The van der Waals surface area contributed by atoms with E-state index in [0.29, 0.717) is 5.78 Å². The average Bonchev–Trinajstić information content (AvgIpc) is 2.64. The Labute approximate surface area is 80.9 Å². The molecule has 0 saturated heterocycles. The molecule has 0 heterocycles. The van der Waals surface area contributed by atoms with Crippen LogP contribution in [-0.2, 0) is 4.79 Å². The van der Waals surface area contributed by atoms with Gasteiger partial charge in [0, 0.05) is 12.3 Å². The SMILES string of the molecule is CC(C)C(=O)CC1CC2CCC1C2. The van der Waals surface area contributed by atoms with Crippen molar-refractivity contribution in [2.45, 2.75) is 46.0 Å². The molecule has 1 heteroatoms. The molecule has 0 N–H and O–H groups in total. The van der Waals surface area contributed by atoms with Gasteiger partial charge in [-0.3, -0.25) is 4.79 Å². The van der Waals surface area contributed by atoms with E-state index >= 15 is 0 Å². The molecular formula is C12H20O. The van der Waals surface area contributed by atoms with E-state index in [1.54, 1.807) is 0 Å². The fourth-order valence-corrected chi connectivity index (χ4v) is 3.12. The molecule has 3 unspecified atom stereocenters. The molecule has 2 aliphatic rings. The first-order valence-electron chi connectivity index (χ1n) is 5.69. The Hall–Kier alpha value is -0.330. The molecule has 74 valence electrons. The summed E-state index contributed by atoms with van der Waals surface area (Å²) >= 11 is 0. The molecule has 0 aromatic carbocycles. The van der Waals surface area contributed by atoms with E-state index in [9.17, 15) is 4.79 Å². The lowest BCUT2D eigenvalue weighted by Gasteiger charge is -2.21. The van der Waals surface area contributed by atoms with E-state index < -0.39 is 0 Å². The smallest absolute Gasteiger partial charge is 0.135 e. The fourth-order valence-electron chi connectivity index (χ4n) is 3.12. The highest BCUT2D eigenvalue weighted by Crippen LogP contribution is 2.49. The fraction of sp³-hybridized carbons (Fsp3) is 0.917. The molecule has 2 bridgehead atoms. The molecule has 0 amide bonds. The number of rotatable bonds is 3. The number of carbonyl (C=O) groups is 1. The second-order valence-electron chi connectivity index (χ2n) is 5.26. The van der Waals surface area contributed by atoms with Crippen LogP contribution in [0.2, 0.25) is 0 Å². The van der Waals surface area contributed by atoms with Gasteiger partial charge in [0.25, 0.3) is 0 Å². The van der Waals surface area contributed by atoms with Gasteiger partial charge in [-0.05, 0) is 37.0 Å². The molecule has 0 spiro atoms. The summed E-state index contributed by atoms with van der Waals surface area (Å²) in [7, 11) is 0. The normalized spacial score (nSPS) is 37.3. The summed E-state index contributed by atoms with van der Waals surface area (Å²) in [5, 5.41) is 0. The number of carbonyl (C=O) groups excluding carboxylic acids is 1. The highest BCUT2D eigenvalue weighted by Gasteiger charge is 2.40. The van der Waals surface area contributed by atoms with E-state index in [0.717, 1.165) is 24.2 Å². The summed E-state index contributed by atoms with van der Waals surface area (Å²) < 4.78 is 0. The number of Topliss-reactive ketones (excluding diaryl/α,β-unsaturated/α-hetero) is 1. The molecule has 2 rings (SSSR count). The molecule has 2 saturated carbocycles. The quantitative estimate of drug-likeness (QED) is 0.652. The van der Waals surface area contributed by atoms with Crippen molar-refractivity contribution in [1.29, 1.82) is 0 Å². The summed E-state index contributed by atoms with van der Waals surface area (Å²) in [5.74, 6) is 3.38. The van der Waals surface area contributed by atoms with Gasteiger partial charge in [-0.2, -0.15) is 0 Å². The summed E-state index contributed by atoms with van der Waals surface area (Å²) in [4.78, 5) is 11.6. The number of hydrogen-bond acceptors (Lipinski definition) is 1. The van der Waals surface area contributed by atoms with Crippen LogP contribution in [0.15, 0.2) is 0 Å². The van der Waals surface area contributed by atoms with Gasteiger partial charge in [-0.1, -0.05) is 20.3 Å². The van der Waals surface area contributed by atoms with Crippen LogP contribution in [0.25, 0.3) is 0 Å². The Morgan fingerprint density at radius 3 is 2.54 bits per heavy atom. The standard InChI is InChI=1S/C12H20O/c1-8(2)12(13)7-11-6-9-3-4-10(11)5-9/h8-11H,3-7H2,1-2H3. The average molecular weight is 180 g/mol. The van der Waals surface area contributed by atoms with E-state index in [1.807, 2.05) is 13.8 Å². The highest BCUT2D eigenvalue weighted by molar-refractivity contribution is 5.80. The van der Waals surface area contributed by atoms with Crippen molar-refractivity contribution in [3.63, 3.8) is 0 Å². The van der Waals surface area contributed by atoms with Crippen molar-refractivity contribution < 1.29 is 4.79 Å². The lowest BCUT2D eigenvalue weighted by molar-refractivity contribution is -0.123. The van der Waals surface area contributed by atoms with Crippen LogP contribution in [0.1, 0.15) is 46.0 Å². The van der Waals surface area contributed by atoms with Crippen LogP contribution in [-0.4, -0.2) is 5.78 Å². The lowest BCUT2D eigenvalue weighted by Crippen LogP contribution is -2.18. The topological polar surface area (TPSA) is 17.1 Å². The van der Waals surface area contributed by atoms with Gasteiger partial charge in [0.15, 0.2) is 0 Å². The minimum atomic E-state index is 0.249. The van der Waals surface area contributed by atoms with Crippen LogP contribution in [0.3, 0.4) is 0 Å². The van der Waals surface area contributed by atoms with Gasteiger partial charge in [0.05, 0.1) is 0 Å². The Bertz CT molecular complexity index is 207. The molecule has 0 aliphatic heterocycles. The minimum absolute atomic E-state index is 0.249. The number of fused-ring (bicyclic) bond motifs is 2. The van der Waals surface area contributed by atoms with E-state index in [-0.39, 0.29) is 5.92 Å². The first-order valence-corrected chi connectivity index (χ1v) is 5.69. The maximum absolute atomic E-state index is 11.6. The van der Waals surface area contributed by atoms with Crippen molar-refractivity contribution in [2.75, 3.05) is 0 Å². The second kappa shape index (κ2) is 3.43. The molecule has 0 radical (unpaired) electrons. The van der Waals surface area contributed by atoms with Crippen LogP contribution in [0.5, 0.6) is 0 Å². The maximum Gasteiger partial charge on any atom is 0.135 e. The molecule has 0 aromatic heterocycles. The van der Waals surface area contributed by atoms with Crippen molar-refractivity contribution in [3.8, 4) is 0 Å². The molecule has 2 aliphatic carbocycles. The zero-order chi connectivity index (χ0) is 9.42. The van der Waals surface area contributed by atoms with Crippen molar-refractivity contribution >= 4 is 5.78 Å². The molecular weight excluding hydrogens is 160 g/mol. The monoisotopic (exact) mass is 180 g/mol. The number of hydrogen-bond donors (Lipinski definition) is 0. The van der Waals surface area contributed by atoms with Gasteiger partial charge >= 0.3 is 0 Å². The summed E-state index contributed by atoms with van der Waals surface area (Å²) in [6.45, 7) is 4.05. The van der Waals surface area contributed by atoms with E-state index in [2.05, 4.69) is 0 Å². The Morgan fingerprint density at radius 2 is 2.08 bits per heavy atom. The molecule has 13 heavy (non-hydrogen) atoms. The Morgan fingerprint density at radius 1 is 1.31 bits per heavy atom. The molecule has 3 atom stereocenters. The molecule has 1 nitrogen and oxygen atoms in total. The minimum Gasteiger partial charge on any atom is -0.299 e. The summed E-state index contributed by atoms with van der Waals surface area (Å²) in [6, 6.07) is 0. The summed E-state index contributed by atoms with van der Waals surface area (Å²) in [6.07, 6.45) is 6.50. The number of ketones is 1. The molecule has 0 aromatic rings. The van der Waals surface area contributed by atoms with Crippen LogP contribution >= 0.6 is 0 Å². The first-order chi connectivity index (χ1) is 6.16. The molecule has 2 fully saturated rings. The van der Waals surface area contributed by atoms with E-state index in [4.69, 9.17) is 0 Å². The maximum atomic E-state index is 11.6. The Balaban J connectivity index is 1.86. The summed E-state index contributed by atoms with van der Waals surface area (Å²) in [5.41, 5.74) is 0. The second-order valence-corrected chi connectivity index (χ2v) is 5.26. The van der Waals surface area contributed by atoms with Gasteiger partial charge in [0.1, 0.15) is 5.78 Å². The highest BCUT2D eigenvalue weighted by atomic mass is 16.1. The largest absolute Gasteiger partial charge is 0.299 e.